The molecule has 1 unspecified atom stereocenters. The van der Waals surface area contributed by atoms with Crippen LogP contribution in [0.3, 0.4) is 0 Å². The molecule has 0 spiro atoms. The highest BCUT2D eigenvalue weighted by Crippen LogP contribution is 2.34. The van der Waals surface area contributed by atoms with Crippen LogP contribution in [-0.2, 0) is 24.3 Å². The number of carbonyl (C=O) groups excluding carboxylic acids is 2. The molecule has 25 heavy (non-hydrogen) atoms. The summed E-state index contributed by atoms with van der Waals surface area (Å²) in [5.41, 5.74) is 0.0212. The van der Waals surface area contributed by atoms with Crippen molar-refractivity contribution in [1.82, 2.24) is 9.31 Å². The summed E-state index contributed by atoms with van der Waals surface area (Å²) in [5.74, 6) is -0.590. The van der Waals surface area contributed by atoms with Gasteiger partial charge in [0.15, 0.2) is 0 Å². The van der Waals surface area contributed by atoms with E-state index in [1.165, 1.54) is 31.2 Å². The van der Waals surface area contributed by atoms with Gasteiger partial charge in [0.25, 0.3) is 5.91 Å². The molecule has 1 atom stereocenters. The van der Waals surface area contributed by atoms with Crippen LogP contribution in [0.2, 0.25) is 0 Å². The van der Waals surface area contributed by atoms with Crippen LogP contribution in [-0.4, -0.2) is 62.6 Å². The van der Waals surface area contributed by atoms with Gasteiger partial charge in [-0.05, 0) is 24.6 Å². The van der Waals surface area contributed by atoms with Gasteiger partial charge in [-0.25, -0.2) is 17.7 Å². The van der Waals surface area contributed by atoms with E-state index in [2.05, 4.69) is 5.10 Å². The van der Waals surface area contributed by atoms with Crippen LogP contribution in [0.4, 0.5) is 0 Å². The van der Waals surface area contributed by atoms with Crippen molar-refractivity contribution in [3.05, 3.63) is 29.8 Å². The third kappa shape index (κ3) is 2.83. The molecule has 2 bridgehead atoms. The van der Waals surface area contributed by atoms with Gasteiger partial charge >= 0.3 is 5.97 Å². The maximum atomic E-state index is 12.6. The molecule has 3 rings (SSSR count). The lowest BCUT2D eigenvalue weighted by atomic mass is 9.82. The maximum absolute atomic E-state index is 12.6. The maximum Gasteiger partial charge on any atom is 0.307 e. The van der Waals surface area contributed by atoms with E-state index in [9.17, 15) is 18.0 Å². The Morgan fingerprint density at radius 2 is 1.84 bits per heavy atom. The second kappa shape index (κ2) is 5.92. The van der Waals surface area contributed by atoms with E-state index in [4.69, 9.17) is 4.74 Å². The molecule has 134 valence electrons. The number of fused-ring (bicyclic) bond motifs is 2. The van der Waals surface area contributed by atoms with E-state index in [0.717, 1.165) is 4.31 Å². The Morgan fingerprint density at radius 3 is 2.44 bits per heavy atom. The lowest BCUT2D eigenvalue weighted by Crippen LogP contribution is -2.44. The molecule has 2 aliphatic heterocycles. The minimum Gasteiger partial charge on any atom is -0.464 e. The molecule has 8 nitrogen and oxygen atoms in total. The highest BCUT2D eigenvalue weighted by molar-refractivity contribution is 7.89. The Hall–Kier alpha value is -2.26. The number of amides is 1. The van der Waals surface area contributed by atoms with Crippen LogP contribution in [0, 0.1) is 5.41 Å². The zero-order chi connectivity index (χ0) is 18.4. The van der Waals surface area contributed by atoms with Crippen LogP contribution in [0.25, 0.3) is 0 Å². The number of hydrogen-bond donors (Lipinski definition) is 0. The molecule has 0 aliphatic carbocycles. The smallest absolute Gasteiger partial charge is 0.307 e. The normalized spacial score (nSPS) is 24.0. The molecule has 2 heterocycles. The Kier molecular flexibility index (Phi) is 4.16. The van der Waals surface area contributed by atoms with Gasteiger partial charge < -0.3 is 4.74 Å². The molecule has 1 fully saturated rings. The van der Waals surface area contributed by atoms with Crippen molar-refractivity contribution in [2.75, 3.05) is 27.2 Å². The average Bonchev–Trinajstić information content (AvgIpc) is 2.85. The number of cyclic esters (lactones) is 1. The van der Waals surface area contributed by atoms with Crippen LogP contribution < -0.4 is 0 Å². The van der Waals surface area contributed by atoms with Gasteiger partial charge in [0.05, 0.1) is 23.6 Å². The average molecular weight is 365 g/mol. The Morgan fingerprint density at radius 1 is 1.20 bits per heavy atom. The zero-order valence-corrected chi connectivity index (χ0v) is 15.0. The summed E-state index contributed by atoms with van der Waals surface area (Å²) in [6, 6.07) is 6.19. The van der Waals surface area contributed by atoms with Crippen molar-refractivity contribution in [2.45, 2.75) is 18.2 Å². The van der Waals surface area contributed by atoms with Gasteiger partial charge in [0.2, 0.25) is 10.0 Å². The first kappa shape index (κ1) is 17.6. The molecule has 1 saturated heterocycles. The highest BCUT2D eigenvalue weighted by atomic mass is 32.2. The summed E-state index contributed by atoms with van der Waals surface area (Å²) in [7, 11) is -0.613. The molecule has 0 aromatic heterocycles. The molecule has 1 amide bonds. The molecule has 1 aromatic rings. The fourth-order valence-electron chi connectivity index (χ4n) is 2.81. The van der Waals surface area contributed by atoms with Gasteiger partial charge in [-0.2, -0.15) is 5.10 Å². The minimum atomic E-state index is -3.53. The highest BCUT2D eigenvalue weighted by Gasteiger charge is 2.49. The van der Waals surface area contributed by atoms with Gasteiger partial charge in [-0.15, -0.1) is 0 Å². The van der Waals surface area contributed by atoms with E-state index in [0.29, 0.717) is 11.3 Å². The molecule has 0 radical (unpaired) electrons. The number of ether oxygens (including phenoxy) is 1. The van der Waals surface area contributed by atoms with Crippen LogP contribution in [0.15, 0.2) is 34.3 Å². The largest absolute Gasteiger partial charge is 0.464 e. The van der Waals surface area contributed by atoms with Gasteiger partial charge in [-0.3, -0.25) is 9.59 Å². The summed E-state index contributed by atoms with van der Waals surface area (Å²) in [5, 5.41) is 5.65. The number of rotatable bonds is 3. The third-order valence-corrected chi connectivity index (χ3v) is 6.24. The number of hydrazone groups is 1. The van der Waals surface area contributed by atoms with Crippen LogP contribution in [0.1, 0.15) is 18.9 Å². The van der Waals surface area contributed by atoms with E-state index in [1.807, 2.05) is 0 Å². The quantitative estimate of drug-likeness (QED) is 0.724. The Balaban J connectivity index is 1.99. The minimum absolute atomic E-state index is 0.0856. The number of hydrogen-bond acceptors (Lipinski definition) is 6. The lowest BCUT2D eigenvalue weighted by Gasteiger charge is -2.26. The predicted octanol–water partition coefficient (Wildman–Crippen LogP) is 0.436. The third-order valence-electron chi connectivity index (χ3n) is 4.41. The lowest BCUT2D eigenvalue weighted by molar-refractivity contribution is -0.153. The fraction of sp³-hybridized carbons (Fsp3) is 0.438. The first-order valence-electron chi connectivity index (χ1n) is 7.76. The van der Waals surface area contributed by atoms with E-state index in [1.54, 1.807) is 19.1 Å². The number of carbonyl (C=O) groups is 2. The van der Waals surface area contributed by atoms with Gasteiger partial charge in [0, 0.05) is 14.1 Å². The molecular weight excluding hydrogens is 346 g/mol. The molecule has 1 aromatic carbocycles. The predicted molar refractivity (Wildman–Crippen MR) is 89.2 cm³/mol. The summed E-state index contributed by atoms with van der Waals surface area (Å²) in [6.07, 6.45) is 0.0958. The second-order valence-electron chi connectivity index (χ2n) is 6.43. The summed E-state index contributed by atoms with van der Waals surface area (Å²) in [4.78, 5) is 24.3. The standard InChI is InChI=1S/C16H19N3O5S/c1-16-10-24-13(20)8-9-19(15(16)21)17-14(16)11-4-6-12(7-5-11)25(22,23)18(2)3/h4-7H,8-10H2,1-3H3. The fourth-order valence-corrected chi connectivity index (χ4v) is 3.71. The van der Waals surface area contributed by atoms with Crippen molar-refractivity contribution >= 4 is 27.6 Å². The summed E-state index contributed by atoms with van der Waals surface area (Å²) in [6.45, 7) is 1.76. The molecule has 9 heteroatoms. The van der Waals surface area contributed by atoms with Crippen molar-refractivity contribution in [2.24, 2.45) is 10.5 Å². The zero-order valence-electron chi connectivity index (χ0n) is 14.2. The van der Waals surface area contributed by atoms with Gasteiger partial charge in [0.1, 0.15) is 12.0 Å². The number of benzene rings is 1. The SMILES string of the molecule is CN(C)S(=O)(=O)c1ccc(C2=NN3CCC(=O)OCC2(C)C3=O)cc1. The van der Waals surface area contributed by atoms with Crippen LogP contribution in [0.5, 0.6) is 0 Å². The molecule has 0 N–H and O–H groups in total. The summed E-state index contributed by atoms with van der Waals surface area (Å²) >= 11 is 0. The second-order valence-corrected chi connectivity index (χ2v) is 8.58. The Bertz CT molecular complexity index is 860. The molecular formula is C16H19N3O5S. The topological polar surface area (TPSA) is 96.4 Å². The van der Waals surface area contributed by atoms with E-state index >= 15 is 0 Å². The van der Waals surface area contributed by atoms with E-state index < -0.39 is 15.4 Å². The number of esters is 1. The first-order chi connectivity index (χ1) is 11.7. The van der Waals surface area contributed by atoms with Crippen molar-refractivity contribution in [1.29, 1.82) is 0 Å². The molecule has 0 saturated carbocycles. The first-order valence-corrected chi connectivity index (χ1v) is 9.20. The van der Waals surface area contributed by atoms with Gasteiger partial charge in [-0.1, -0.05) is 12.1 Å². The Labute approximate surface area is 146 Å². The van der Waals surface area contributed by atoms with E-state index in [-0.39, 0.29) is 36.3 Å². The summed E-state index contributed by atoms with van der Waals surface area (Å²) < 4.78 is 30.6. The van der Waals surface area contributed by atoms with Crippen molar-refractivity contribution < 1.29 is 22.7 Å². The van der Waals surface area contributed by atoms with Crippen molar-refractivity contribution in [3.63, 3.8) is 0 Å². The number of nitrogens with zero attached hydrogens (tertiary/aromatic N) is 3. The number of sulfonamides is 1. The molecule has 2 aliphatic rings. The monoisotopic (exact) mass is 365 g/mol. The van der Waals surface area contributed by atoms with Crippen LogP contribution >= 0.6 is 0 Å². The van der Waals surface area contributed by atoms with Crippen molar-refractivity contribution in [3.8, 4) is 0 Å².